The normalized spacial score (nSPS) is 13.4. The van der Waals surface area contributed by atoms with Gasteiger partial charge in [0.2, 0.25) is 12.1 Å². The van der Waals surface area contributed by atoms with Crippen LogP contribution in [0.25, 0.3) is 0 Å². The van der Waals surface area contributed by atoms with Gasteiger partial charge in [0.1, 0.15) is 22.9 Å². The average molecular weight is 1070 g/mol. The van der Waals surface area contributed by atoms with Gasteiger partial charge in [-0.3, -0.25) is 28.8 Å². The highest BCUT2D eigenvalue weighted by molar-refractivity contribution is 6.37. The molecule has 16 nitrogen and oxygen atoms in total. The van der Waals surface area contributed by atoms with Crippen molar-refractivity contribution in [2.75, 3.05) is 34.5 Å². The Morgan fingerprint density at radius 3 is 1.34 bits per heavy atom. The first-order valence-electron chi connectivity index (χ1n) is 22.0. The van der Waals surface area contributed by atoms with Gasteiger partial charge in [0.15, 0.2) is 11.6 Å². The van der Waals surface area contributed by atoms with Crippen LogP contribution < -0.4 is 30.7 Å². The predicted octanol–water partition coefficient (Wildman–Crippen LogP) is 13.6. The van der Waals surface area contributed by atoms with Gasteiger partial charge in [0.25, 0.3) is 23.6 Å². The Hall–Kier alpha value is -6.43. The van der Waals surface area contributed by atoms with Gasteiger partial charge in [0.05, 0.1) is 50.5 Å². The summed E-state index contributed by atoms with van der Waals surface area (Å²) >= 11 is 32.5. The van der Waals surface area contributed by atoms with Crippen molar-refractivity contribution in [2.24, 2.45) is 20.5 Å². The van der Waals surface area contributed by atoms with E-state index in [2.05, 4.69) is 41.7 Å². The van der Waals surface area contributed by atoms with Gasteiger partial charge in [-0.25, -0.2) is 0 Å². The van der Waals surface area contributed by atoms with Crippen molar-refractivity contribution in [3.05, 3.63) is 129 Å². The number of rotatable bonds is 21. The first-order chi connectivity index (χ1) is 33.7. The van der Waals surface area contributed by atoms with Crippen LogP contribution in [-0.4, -0.2) is 60.5 Å². The highest BCUT2D eigenvalue weighted by Gasteiger charge is 2.28. The maximum absolute atomic E-state index is 13.6. The molecule has 0 spiro atoms. The summed E-state index contributed by atoms with van der Waals surface area (Å²) in [6.45, 7) is 11.9. The van der Waals surface area contributed by atoms with Gasteiger partial charge in [-0.05, 0) is 120 Å². The maximum atomic E-state index is 13.6. The highest BCUT2D eigenvalue weighted by Crippen LogP contribution is 2.37. The van der Waals surface area contributed by atoms with E-state index in [4.69, 9.17) is 67.5 Å². The maximum Gasteiger partial charge on any atom is 0.258 e. The number of azo groups is 2. The number of halogens is 5. The molecule has 0 fully saturated rings. The Kier molecular flexibility index (Phi) is 20.0. The molecule has 4 amide bonds. The molecule has 5 atom stereocenters. The third-order valence-electron chi connectivity index (χ3n) is 10.3. The standard InChI is InChI=1S/C50H49Cl5N8O8/c1-8-70-31-17-19-33(25(3)51)41(23-31)58-47(66)35-12-10-14-39(43(35)54)60-62-45(28(6)64)49(68)56-30-16-21-38(37(22-30)27(5)53)57-50(69)46(29(7)65)63-61-40-15-11-13-36(44(40)55)48(67)59-42-24-32(71-9-2)18-20-34(42)26(4)52/h10-27,45-46H,8-9H2,1-7H3,(H,56,68)(H,57,69)(H,58,66)(H,59,67). The topological polar surface area (TPSA) is 218 Å². The van der Waals surface area contributed by atoms with Crippen molar-refractivity contribution in [3.63, 3.8) is 0 Å². The van der Waals surface area contributed by atoms with E-state index < -0.39 is 63.4 Å². The van der Waals surface area contributed by atoms with Crippen LogP contribution in [0.3, 0.4) is 0 Å². The third-order valence-corrected chi connectivity index (χ3v) is 11.8. The summed E-state index contributed by atoms with van der Waals surface area (Å²) in [5.74, 6) is -3.20. The Bertz CT molecular complexity index is 2890. The zero-order chi connectivity index (χ0) is 52.1. The monoisotopic (exact) mass is 1060 g/mol. The number of carbonyl (C=O) groups excluding carboxylic acids is 6. The van der Waals surface area contributed by atoms with E-state index >= 15 is 0 Å². The molecule has 372 valence electrons. The van der Waals surface area contributed by atoms with Crippen molar-refractivity contribution in [1.82, 2.24) is 0 Å². The fourth-order valence-corrected chi connectivity index (χ4v) is 7.85. The van der Waals surface area contributed by atoms with Crippen LogP contribution >= 0.6 is 58.0 Å². The molecular formula is C50H49Cl5N8O8. The number of benzene rings is 5. The Labute approximate surface area is 435 Å². The Balaban J connectivity index is 1.30. The number of alkyl halides is 3. The molecule has 71 heavy (non-hydrogen) atoms. The van der Waals surface area contributed by atoms with Crippen molar-refractivity contribution < 1.29 is 38.2 Å². The van der Waals surface area contributed by atoms with Crippen LogP contribution in [0.4, 0.5) is 34.1 Å². The summed E-state index contributed by atoms with van der Waals surface area (Å²) in [5, 5.41) is 25.2. The molecule has 0 aliphatic heterocycles. The molecule has 0 bridgehead atoms. The lowest BCUT2D eigenvalue weighted by molar-refractivity contribution is -0.127. The number of ketones is 2. The third kappa shape index (κ3) is 14.6. The lowest BCUT2D eigenvalue weighted by atomic mass is 10.1. The largest absolute Gasteiger partial charge is 0.494 e. The fourth-order valence-electron chi connectivity index (χ4n) is 6.79. The second kappa shape index (κ2) is 25.6. The van der Waals surface area contributed by atoms with Crippen molar-refractivity contribution in [3.8, 4) is 11.5 Å². The van der Waals surface area contributed by atoms with Crippen molar-refractivity contribution in [1.29, 1.82) is 0 Å². The number of nitrogens with one attached hydrogen (secondary N) is 4. The molecule has 0 saturated carbocycles. The van der Waals surface area contributed by atoms with E-state index in [-0.39, 0.29) is 43.9 Å². The molecule has 5 aromatic carbocycles. The fraction of sp³-hybridized carbons (Fsp3) is 0.280. The molecule has 0 aliphatic carbocycles. The highest BCUT2D eigenvalue weighted by atomic mass is 35.5. The minimum atomic E-state index is -1.66. The van der Waals surface area contributed by atoms with Gasteiger partial charge in [0, 0.05) is 34.9 Å². The molecule has 21 heteroatoms. The lowest BCUT2D eigenvalue weighted by Gasteiger charge is -2.17. The molecule has 0 aliphatic rings. The number of amides is 4. The summed E-state index contributed by atoms with van der Waals surface area (Å²) in [7, 11) is 0. The Morgan fingerprint density at radius 2 is 0.944 bits per heavy atom. The second-order valence-electron chi connectivity index (χ2n) is 15.6. The quantitative estimate of drug-likeness (QED) is 0.0314. The van der Waals surface area contributed by atoms with Crippen molar-refractivity contribution >= 4 is 127 Å². The van der Waals surface area contributed by atoms with Crippen LogP contribution in [0.1, 0.15) is 102 Å². The molecule has 5 aromatic rings. The molecule has 0 radical (unpaired) electrons. The summed E-state index contributed by atoms with van der Waals surface area (Å²) in [6, 6.07) is 20.2. The Morgan fingerprint density at radius 1 is 0.521 bits per heavy atom. The van der Waals surface area contributed by atoms with Crippen LogP contribution in [-0.2, 0) is 19.2 Å². The molecule has 4 N–H and O–H groups in total. The molecular weight excluding hydrogens is 1020 g/mol. The molecule has 5 rings (SSSR count). The zero-order valence-electron chi connectivity index (χ0n) is 39.4. The van der Waals surface area contributed by atoms with Crippen molar-refractivity contribution in [2.45, 2.75) is 76.7 Å². The average Bonchev–Trinajstić information content (AvgIpc) is 3.30. The summed E-state index contributed by atoms with van der Waals surface area (Å²) < 4.78 is 11.2. The van der Waals surface area contributed by atoms with Gasteiger partial charge in [-0.2, -0.15) is 20.5 Å². The van der Waals surface area contributed by atoms with E-state index in [1.807, 2.05) is 13.8 Å². The lowest BCUT2D eigenvalue weighted by Crippen LogP contribution is -2.32. The smallest absolute Gasteiger partial charge is 0.258 e. The van der Waals surface area contributed by atoms with Gasteiger partial charge in [-0.1, -0.05) is 47.5 Å². The minimum absolute atomic E-state index is 0.00185. The first kappa shape index (κ1) is 55.5. The van der Waals surface area contributed by atoms with E-state index in [9.17, 15) is 28.8 Å². The van der Waals surface area contributed by atoms with Gasteiger partial charge >= 0.3 is 0 Å². The van der Waals surface area contributed by atoms with Gasteiger partial charge < -0.3 is 30.7 Å². The van der Waals surface area contributed by atoms with Gasteiger partial charge in [-0.15, -0.1) is 34.8 Å². The van der Waals surface area contributed by atoms with E-state index in [1.54, 1.807) is 57.2 Å². The second-order valence-corrected chi connectivity index (χ2v) is 18.4. The number of nitrogens with zero attached hydrogens (tertiary/aromatic N) is 4. The number of Topliss-reactive ketones (excluding diaryl/α,β-unsaturated/α-hetero) is 2. The van der Waals surface area contributed by atoms with E-state index in [0.29, 0.717) is 52.8 Å². The molecule has 0 aromatic heterocycles. The van der Waals surface area contributed by atoms with E-state index in [1.165, 1.54) is 54.6 Å². The number of ether oxygens (including phenoxy) is 2. The van der Waals surface area contributed by atoms with E-state index in [0.717, 1.165) is 13.8 Å². The summed E-state index contributed by atoms with van der Waals surface area (Å²) in [5.41, 5.74) is 2.84. The number of hydrogen-bond acceptors (Lipinski definition) is 12. The zero-order valence-corrected chi connectivity index (χ0v) is 43.2. The van der Waals surface area contributed by atoms with Crippen LogP contribution in [0, 0.1) is 0 Å². The van der Waals surface area contributed by atoms with Crippen LogP contribution in [0.15, 0.2) is 111 Å². The molecule has 0 saturated heterocycles. The number of carbonyl (C=O) groups is 6. The number of hydrogen-bond donors (Lipinski definition) is 4. The molecule has 5 unspecified atom stereocenters. The first-order valence-corrected chi connectivity index (χ1v) is 24.0. The van der Waals surface area contributed by atoms with Crippen LogP contribution in [0.5, 0.6) is 11.5 Å². The SMILES string of the molecule is CCOc1ccc(C(C)Cl)c(NC(=O)c2cccc(N=NC(C(C)=O)C(=O)Nc3ccc(NC(=O)C(N=Nc4cccc(C(=O)Nc5cc(OCC)ccc5C(C)Cl)c4Cl)C(C)=O)c(C(C)Cl)c3)c2Cl)c1. The summed E-state index contributed by atoms with van der Waals surface area (Å²) in [4.78, 5) is 79.6. The molecule has 0 heterocycles. The number of anilines is 4. The predicted molar refractivity (Wildman–Crippen MR) is 279 cm³/mol. The summed E-state index contributed by atoms with van der Waals surface area (Å²) in [6.07, 6.45) is 0. The minimum Gasteiger partial charge on any atom is -0.494 e. The van der Waals surface area contributed by atoms with Crippen LogP contribution in [0.2, 0.25) is 10.0 Å².